The normalized spacial score (nSPS) is 12.6. The standard InChI is InChI=1S/C15H10N2O4/c16-12-10(15(20)17-21)6-5-9-11(12)14(19)8-4-2-1-3-7(8)13(9)18/h1-6,21H,16H2,(H,17,20). The molecule has 0 aliphatic heterocycles. The van der Waals surface area contributed by atoms with Gasteiger partial charge in [-0.05, 0) is 12.1 Å². The summed E-state index contributed by atoms with van der Waals surface area (Å²) in [6.07, 6.45) is 0. The van der Waals surface area contributed by atoms with Crippen molar-refractivity contribution in [2.75, 3.05) is 5.73 Å². The second kappa shape index (κ2) is 4.53. The number of nitrogens with two attached hydrogens (primary N) is 1. The van der Waals surface area contributed by atoms with Crippen molar-refractivity contribution >= 4 is 23.2 Å². The number of carbonyl (C=O) groups excluding carboxylic acids is 3. The fourth-order valence-corrected chi connectivity index (χ4v) is 2.47. The molecule has 2 aromatic rings. The zero-order chi connectivity index (χ0) is 15.1. The summed E-state index contributed by atoms with van der Waals surface area (Å²) in [7, 11) is 0. The molecule has 0 bridgehead atoms. The Bertz CT molecular complexity index is 811. The third kappa shape index (κ3) is 1.73. The number of amides is 1. The van der Waals surface area contributed by atoms with Crippen LogP contribution < -0.4 is 11.2 Å². The molecular formula is C15H10N2O4. The molecule has 3 rings (SSSR count). The molecule has 0 unspecified atom stereocenters. The number of anilines is 1. The fraction of sp³-hybridized carbons (Fsp3) is 0. The fourth-order valence-electron chi connectivity index (χ4n) is 2.47. The first-order valence-electron chi connectivity index (χ1n) is 6.11. The molecule has 0 saturated carbocycles. The summed E-state index contributed by atoms with van der Waals surface area (Å²) < 4.78 is 0. The third-order valence-electron chi connectivity index (χ3n) is 3.48. The van der Waals surface area contributed by atoms with E-state index in [4.69, 9.17) is 10.9 Å². The Hall–Kier alpha value is -2.99. The van der Waals surface area contributed by atoms with E-state index in [0.29, 0.717) is 5.56 Å². The topological polar surface area (TPSA) is 109 Å². The minimum absolute atomic E-state index is 0.000185. The number of hydrogen-bond acceptors (Lipinski definition) is 5. The van der Waals surface area contributed by atoms with Crippen molar-refractivity contribution in [1.29, 1.82) is 0 Å². The van der Waals surface area contributed by atoms with Gasteiger partial charge >= 0.3 is 0 Å². The van der Waals surface area contributed by atoms with Crippen LogP contribution in [-0.4, -0.2) is 22.7 Å². The minimum atomic E-state index is -0.839. The van der Waals surface area contributed by atoms with Gasteiger partial charge in [0.25, 0.3) is 5.91 Å². The monoisotopic (exact) mass is 282 g/mol. The molecule has 0 saturated heterocycles. The van der Waals surface area contributed by atoms with Gasteiger partial charge in [0.1, 0.15) is 0 Å². The molecule has 6 nitrogen and oxygen atoms in total. The summed E-state index contributed by atoms with van der Waals surface area (Å²) in [5.74, 6) is -1.57. The summed E-state index contributed by atoms with van der Waals surface area (Å²) in [6.45, 7) is 0. The Kier molecular flexibility index (Phi) is 2.81. The number of nitrogen functional groups attached to an aromatic ring is 1. The van der Waals surface area contributed by atoms with Gasteiger partial charge in [0.15, 0.2) is 11.6 Å². The van der Waals surface area contributed by atoms with E-state index in [1.165, 1.54) is 23.7 Å². The molecule has 6 heteroatoms. The van der Waals surface area contributed by atoms with Crippen LogP contribution in [0, 0.1) is 0 Å². The van der Waals surface area contributed by atoms with E-state index >= 15 is 0 Å². The summed E-state index contributed by atoms with van der Waals surface area (Å²) in [5, 5.41) is 8.69. The molecule has 0 radical (unpaired) electrons. The van der Waals surface area contributed by atoms with Crippen LogP contribution in [0.25, 0.3) is 0 Å². The zero-order valence-electron chi connectivity index (χ0n) is 10.7. The predicted molar refractivity (Wildman–Crippen MR) is 73.4 cm³/mol. The van der Waals surface area contributed by atoms with Gasteiger partial charge in [-0.15, -0.1) is 0 Å². The van der Waals surface area contributed by atoms with Gasteiger partial charge < -0.3 is 5.73 Å². The lowest BCUT2D eigenvalue weighted by molar-refractivity contribution is 0.0707. The molecule has 0 atom stereocenters. The minimum Gasteiger partial charge on any atom is -0.397 e. The number of carbonyl (C=O) groups is 3. The maximum atomic E-state index is 12.5. The van der Waals surface area contributed by atoms with Gasteiger partial charge in [0.2, 0.25) is 0 Å². The van der Waals surface area contributed by atoms with Crippen molar-refractivity contribution in [3.63, 3.8) is 0 Å². The molecular weight excluding hydrogens is 272 g/mol. The highest BCUT2D eigenvalue weighted by atomic mass is 16.5. The molecule has 1 aliphatic rings. The van der Waals surface area contributed by atoms with E-state index in [9.17, 15) is 14.4 Å². The van der Waals surface area contributed by atoms with E-state index in [2.05, 4.69) is 0 Å². The first-order valence-corrected chi connectivity index (χ1v) is 6.11. The molecule has 0 aromatic heterocycles. The average molecular weight is 282 g/mol. The molecule has 4 N–H and O–H groups in total. The first-order chi connectivity index (χ1) is 10.1. The first kappa shape index (κ1) is 13.0. The van der Waals surface area contributed by atoms with E-state index in [1.807, 2.05) is 0 Å². The third-order valence-corrected chi connectivity index (χ3v) is 3.48. The predicted octanol–water partition coefficient (Wildman–Crippen LogP) is 1.16. The summed E-state index contributed by atoms with van der Waals surface area (Å²) >= 11 is 0. The molecule has 0 heterocycles. The van der Waals surface area contributed by atoms with E-state index in [0.717, 1.165) is 0 Å². The Morgan fingerprint density at radius 3 is 2.19 bits per heavy atom. The smallest absolute Gasteiger partial charge is 0.276 e. The molecule has 21 heavy (non-hydrogen) atoms. The quantitative estimate of drug-likeness (QED) is 0.352. The summed E-state index contributed by atoms with van der Waals surface area (Å²) in [4.78, 5) is 36.4. The average Bonchev–Trinajstić information content (AvgIpc) is 2.51. The highest BCUT2D eigenvalue weighted by Gasteiger charge is 2.32. The van der Waals surface area contributed by atoms with E-state index in [-0.39, 0.29) is 33.7 Å². The zero-order valence-corrected chi connectivity index (χ0v) is 10.7. The maximum absolute atomic E-state index is 12.5. The van der Waals surface area contributed by atoms with Crippen molar-refractivity contribution in [2.45, 2.75) is 0 Å². The van der Waals surface area contributed by atoms with Crippen LogP contribution in [-0.2, 0) is 0 Å². The number of fused-ring (bicyclic) bond motifs is 2. The summed E-state index contributed by atoms with van der Waals surface area (Å²) in [5.41, 5.74) is 7.85. The van der Waals surface area contributed by atoms with Gasteiger partial charge in [-0.1, -0.05) is 24.3 Å². The lowest BCUT2D eigenvalue weighted by Gasteiger charge is -2.20. The van der Waals surface area contributed by atoms with Crippen molar-refractivity contribution in [3.8, 4) is 0 Å². The van der Waals surface area contributed by atoms with E-state index in [1.54, 1.807) is 18.2 Å². The van der Waals surface area contributed by atoms with E-state index < -0.39 is 11.7 Å². The molecule has 2 aromatic carbocycles. The summed E-state index contributed by atoms with van der Waals surface area (Å²) in [6, 6.07) is 9.10. The van der Waals surface area contributed by atoms with Gasteiger partial charge in [-0.3, -0.25) is 19.6 Å². The van der Waals surface area contributed by atoms with Gasteiger partial charge in [0, 0.05) is 16.7 Å². The molecule has 0 fully saturated rings. The number of hydroxylamine groups is 1. The second-order valence-corrected chi connectivity index (χ2v) is 4.59. The van der Waals surface area contributed by atoms with Crippen LogP contribution in [0.5, 0.6) is 0 Å². The molecule has 0 spiro atoms. The van der Waals surface area contributed by atoms with Crippen LogP contribution in [0.15, 0.2) is 36.4 Å². The highest BCUT2D eigenvalue weighted by Crippen LogP contribution is 2.32. The van der Waals surface area contributed by atoms with Crippen molar-refractivity contribution in [1.82, 2.24) is 5.48 Å². The van der Waals surface area contributed by atoms with Crippen molar-refractivity contribution in [3.05, 3.63) is 64.2 Å². The molecule has 1 amide bonds. The number of ketones is 2. The molecule has 104 valence electrons. The van der Waals surface area contributed by atoms with Crippen LogP contribution >= 0.6 is 0 Å². The maximum Gasteiger partial charge on any atom is 0.276 e. The van der Waals surface area contributed by atoms with Crippen LogP contribution in [0.2, 0.25) is 0 Å². The second-order valence-electron chi connectivity index (χ2n) is 4.59. The van der Waals surface area contributed by atoms with Gasteiger partial charge in [-0.25, -0.2) is 5.48 Å². The van der Waals surface area contributed by atoms with Crippen LogP contribution in [0.4, 0.5) is 5.69 Å². The van der Waals surface area contributed by atoms with Crippen LogP contribution in [0.3, 0.4) is 0 Å². The lowest BCUT2D eigenvalue weighted by atomic mass is 9.82. The SMILES string of the molecule is Nc1c(C(=O)NO)ccc2c1C(=O)c1ccccc1C2=O. The number of benzene rings is 2. The van der Waals surface area contributed by atoms with Crippen molar-refractivity contribution in [2.24, 2.45) is 0 Å². The number of hydrogen-bond donors (Lipinski definition) is 3. The van der Waals surface area contributed by atoms with Crippen LogP contribution in [0.1, 0.15) is 42.2 Å². The van der Waals surface area contributed by atoms with Crippen molar-refractivity contribution < 1.29 is 19.6 Å². The lowest BCUT2D eigenvalue weighted by Crippen LogP contribution is -2.26. The largest absolute Gasteiger partial charge is 0.397 e. The van der Waals surface area contributed by atoms with Gasteiger partial charge in [0.05, 0.1) is 16.8 Å². The molecule has 1 aliphatic carbocycles. The Balaban J connectivity index is 2.29. The highest BCUT2D eigenvalue weighted by molar-refractivity contribution is 6.30. The Morgan fingerprint density at radius 1 is 0.952 bits per heavy atom. The number of nitrogens with one attached hydrogen (secondary N) is 1. The number of rotatable bonds is 1. The Labute approximate surface area is 119 Å². The van der Waals surface area contributed by atoms with Gasteiger partial charge in [-0.2, -0.15) is 0 Å². The Morgan fingerprint density at radius 2 is 1.57 bits per heavy atom.